The van der Waals surface area contributed by atoms with Gasteiger partial charge in [0.1, 0.15) is 0 Å². The highest BCUT2D eigenvalue weighted by Crippen LogP contribution is 2.25. The van der Waals surface area contributed by atoms with E-state index in [9.17, 15) is 0 Å². The molecule has 1 unspecified atom stereocenters. The van der Waals surface area contributed by atoms with Crippen LogP contribution >= 0.6 is 0 Å². The van der Waals surface area contributed by atoms with E-state index in [1.165, 1.54) is 24.8 Å². The van der Waals surface area contributed by atoms with Gasteiger partial charge in [0.15, 0.2) is 0 Å². The van der Waals surface area contributed by atoms with E-state index >= 15 is 0 Å². The van der Waals surface area contributed by atoms with Crippen LogP contribution in [-0.2, 0) is 0 Å². The molecule has 0 aromatic heterocycles. The molecule has 1 aliphatic carbocycles. The van der Waals surface area contributed by atoms with Crippen LogP contribution in [0, 0.1) is 5.92 Å². The van der Waals surface area contributed by atoms with E-state index in [1.807, 2.05) is 0 Å². The Morgan fingerprint density at radius 3 is 2.82 bits per heavy atom. The zero-order valence-electron chi connectivity index (χ0n) is 7.85. The largest absolute Gasteiger partial charge is 0.0805 e. The number of rotatable bonds is 2. The molecule has 0 radical (unpaired) electrons. The van der Waals surface area contributed by atoms with E-state index in [1.54, 1.807) is 5.57 Å². The fourth-order valence-electron chi connectivity index (χ4n) is 1.66. The molecule has 0 saturated carbocycles. The molecule has 1 rings (SSSR count). The van der Waals surface area contributed by atoms with Crippen LogP contribution in [0.4, 0.5) is 0 Å². The average Bonchev–Trinajstić information content (AvgIpc) is 1.95. The minimum Gasteiger partial charge on any atom is -0.0805 e. The molecule has 0 spiro atoms. The Kier molecular flexibility index (Phi) is 2.92. The van der Waals surface area contributed by atoms with E-state index < -0.39 is 0 Å². The van der Waals surface area contributed by atoms with Crippen LogP contribution in [0.1, 0.15) is 40.0 Å². The first-order valence-electron chi connectivity index (χ1n) is 4.62. The first kappa shape index (κ1) is 8.58. The van der Waals surface area contributed by atoms with Gasteiger partial charge < -0.3 is 0 Å². The Hall–Kier alpha value is -0.520. The monoisotopic (exact) mass is 150 g/mol. The quantitative estimate of drug-likeness (QED) is 0.563. The summed E-state index contributed by atoms with van der Waals surface area (Å²) in [4.78, 5) is 0. The van der Waals surface area contributed by atoms with Gasteiger partial charge in [0.05, 0.1) is 0 Å². The van der Waals surface area contributed by atoms with E-state index in [2.05, 4.69) is 32.9 Å². The SMILES string of the molecule is CCCC1=CCC(C)C=C1C. The molecule has 0 saturated heterocycles. The fraction of sp³-hybridized carbons (Fsp3) is 0.636. The molecule has 1 atom stereocenters. The van der Waals surface area contributed by atoms with Gasteiger partial charge in [0.2, 0.25) is 0 Å². The van der Waals surface area contributed by atoms with E-state index in [0.717, 1.165) is 5.92 Å². The number of hydrogen-bond donors (Lipinski definition) is 0. The van der Waals surface area contributed by atoms with Crippen LogP contribution in [0.3, 0.4) is 0 Å². The van der Waals surface area contributed by atoms with Gasteiger partial charge in [-0.05, 0) is 31.3 Å². The molecule has 11 heavy (non-hydrogen) atoms. The van der Waals surface area contributed by atoms with Crippen molar-refractivity contribution < 1.29 is 0 Å². The highest BCUT2D eigenvalue weighted by atomic mass is 14.1. The topological polar surface area (TPSA) is 0 Å². The summed E-state index contributed by atoms with van der Waals surface area (Å²) in [6.45, 7) is 6.76. The molecular weight excluding hydrogens is 132 g/mol. The lowest BCUT2D eigenvalue weighted by Crippen LogP contribution is -1.98. The van der Waals surface area contributed by atoms with Crippen molar-refractivity contribution in [2.75, 3.05) is 0 Å². The van der Waals surface area contributed by atoms with Crippen molar-refractivity contribution in [2.45, 2.75) is 40.0 Å². The molecule has 0 aromatic carbocycles. The third-order valence-corrected chi connectivity index (χ3v) is 2.30. The van der Waals surface area contributed by atoms with E-state index in [-0.39, 0.29) is 0 Å². The molecular formula is C11H18. The first-order valence-corrected chi connectivity index (χ1v) is 4.62. The van der Waals surface area contributed by atoms with Gasteiger partial charge in [0, 0.05) is 0 Å². The van der Waals surface area contributed by atoms with Crippen LogP contribution in [0.2, 0.25) is 0 Å². The minimum atomic E-state index is 0.760. The van der Waals surface area contributed by atoms with Gasteiger partial charge in [-0.3, -0.25) is 0 Å². The van der Waals surface area contributed by atoms with E-state index in [0.29, 0.717) is 0 Å². The van der Waals surface area contributed by atoms with Crippen molar-refractivity contribution >= 4 is 0 Å². The van der Waals surface area contributed by atoms with Gasteiger partial charge >= 0.3 is 0 Å². The molecule has 0 heteroatoms. The molecule has 0 heterocycles. The first-order chi connectivity index (χ1) is 5.24. The summed E-state index contributed by atoms with van der Waals surface area (Å²) in [6.07, 6.45) is 8.57. The van der Waals surface area contributed by atoms with Crippen LogP contribution in [-0.4, -0.2) is 0 Å². The summed E-state index contributed by atoms with van der Waals surface area (Å²) in [5, 5.41) is 0. The normalized spacial score (nSPS) is 24.5. The molecule has 0 aliphatic heterocycles. The third kappa shape index (κ3) is 2.21. The Bertz CT molecular complexity index is 184. The maximum Gasteiger partial charge on any atom is -0.0221 e. The zero-order chi connectivity index (χ0) is 8.27. The Morgan fingerprint density at radius 2 is 2.27 bits per heavy atom. The molecule has 0 nitrogen and oxygen atoms in total. The molecule has 0 bridgehead atoms. The smallest absolute Gasteiger partial charge is 0.0221 e. The van der Waals surface area contributed by atoms with Crippen LogP contribution < -0.4 is 0 Å². The summed E-state index contributed by atoms with van der Waals surface area (Å²) >= 11 is 0. The van der Waals surface area contributed by atoms with Crippen molar-refractivity contribution in [3.05, 3.63) is 23.3 Å². The fourth-order valence-corrected chi connectivity index (χ4v) is 1.66. The van der Waals surface area contributed by atoms with Crippen LogP contribution in [0.15, 0.2) is 23.3 Å². The van der Waals surface area contributed by atoms with Crippen molar-refractivity contribution in [3.63, 3.8) is 0 Å². The summed E-state index contributed by atoms with van der Waals surface area (Å²) in [6, 6.07) is 0. The zero-order valence-corrected chi connectivity index (χ0v) is 7.85. The van der Waals surface area contributed by atoms with Crippen molar-refractivity contribution in [1.82, 2.24) is 0 Å². The van der Waals surface area contributed by atoms with Gasteiger partial charge in [-0.1, -0.05) is 38.0 Å². The van der Waals surface area contributed by atoms with Crippen molar-refractivity contribution in [1.29, 1.82) is 0 Å². The highest BCUT2D eigenvalue weighted by molar-refractivity contribution is 5.32. The maximum absolute atomic E-state index is 2.41. The van der Waals surface area contributed by atoms with Gasteiger partial charge in [0.25, 0.3) is 0 Å². The maximum atomic E-state index is 2.41. The summed E-state index contributed by atoms with van der Waals surface area (Å²) in [5.41, 5.74) is 3.08. The Morgan fingerprint density at radius 1 is 1.55 bits per heavy atom. The molecule has 0 N–H and O–H groups in total. The number of allylic oxidation sites excluding steroid dienone is 4. The third-order valence-electron chi connectivity index (χ3n) is 2.30. The molecule has 62 valence electrons. The van der Waals surface area contributed by atoms with Crippen molar-refractivity contribution in [3.8, 4) is 0 Å². The van der Waals surface area contributed by atoms with Crippen molar-refractivity contribution in [2.24, 2.45) is 5.92 Å². The summed E-state index contributed by atoms with van der Waals surface area (Å²) < 4.78 is 0. The lowest BCUT2D eigenvalue weighted by molar-refractivity contribution is 0.711. The summed E-state index contributed by atoms with van der Waals surface area (Å²) in [5.74, 6) is 0.760. The second-order valence-corrected chi connectivity index (χ2v) is 3.54. The molecule has 0 aromatic rings. The Balaban J connectivity index is 2.61. The van der Waals surface area contributed by atoms with Gasteiger partial charge in [-0.2, -0.15) is 0 Å². The Labute approximate surface area is 70.0 Å². The van der Waals surface area contributed by atoms with Gasteiger partial charge in [-0.15, -0.1) is 0 Å². The summed E-state index contributed by atoms with van der Waals surface area (Å²) in [7, 11) is 0. The van der Waals surface area contributed by atoms with Gasteiger partial charge in [-0.25, -0.2) is 0 Å². The lowest BCUT2D eigenvalue weighted by Gasteiger charge is -2.16. The predicted molar refractivity (Wildman–Crippen MR) is 50.5 cm³/mol. The molecule has 0 amide bonds. The van der Waals surface area contributed by atoms with E-state index in [4.69, 9.17) is 0 Å². The predicted octanol–water partition coefficient (Wildman–Crippen LogP) is 3.70. The van der Waals surface area contributed by atoms with Crippen LogP contribution in [0.5, 0.6) is 0 Å². The lowest BCUT2D eigenvalue weighted by atomic mass is 9.90. The second-order valence-electron chi connectivity index (χ2n) is 3.54. The minimum absolute atomic E-state index is 0.760. The number of hydrogen-bond acceptors (Lipinski definition) is 0. The van der Waals surface area contributed by atoms with Crippen LogP contribution in [0.25, 0.3) is 0 Å². The molecule has 1 aliphatic rings. The average molecular weight is 150 g/mol. The molecule has 0 fully saturated rings. The second kappa shape index (κ2) is 3.75. The highest BCUT2D eigenvalue weighted by Gasteiger charge is 2.07. The standard InChI is InChI=1S/C11H18/c1-4-5-11-7-6-9(2)8-10(11)3/h7-9H,4-6H2,1-3H3.